The van der Waals surface area contributed by atoms with Crippen molar-refractivity contribution in [3.8, 4) is 0 Å². The van der Waals surface area contributed by atoms with Crippen LogP contribution in [0, 0.1) is 11.6 Å². The van der Waals surface area contributed by atoms with Crippen molar-refractivity contribution < 1.29 is 18.7 Å². The first-order chi connectivity index (χ1) is 8.99. The molecule has 104 valence electrons. The van der Waals surface area contributed by atoms with E-state index >= 15 is 0 Å². The van der Waals surface area contributed by atoms with Gasteiger partial charge in [0.15, 0.2) is 0 Å². The Hall–Kier alpha value is -1.49. The maximum atomic E-state index is 13.8. The number of hydrogen-bond acceptors (Lipinski definition) is 2. The summed E-state index contributed by atoms with van der Waals surface area (Å²) in [5, 5.41) is 8.75. The number of carboxylic acid groups (broad SMARTS) is 1. The normalized spacial score (nSPS) is 16.6. The zero-order valence-corrected chi connectivity index (χ0v) is 10.8. The fourth-order valence-electron chi connectivity index (χ4n) is 2.34. The minimum Gasteiger partial charge on any atom is -0.481 e. The second-order valence-electron chi connectivity index (χ2n) is 4.95. The van der Waals surface area contributed by atoms with Gasteiger partial charge in [0.1, 0.15) is 11.6 Å². The number of nitrogens with zero attached hydrogens (tertiary/aromatic N) is 1. The molecule has 0 saturated heterocycles. The van der Waals surface area contributed by atoms with Gasteiger partial charge in [-0.3, -0.25) is 9.69 Å². The molecule has 0 bridgehead atoms. The number of carboxylic acids is 1. The van der Waals surface area contributed by atoms with Crippen molar-refractivity contribution in [2.24, 2.45) is 0 Å². The van der Waals surface area contributed by atoms with E-state index in [1.54, 1.807) is 6.92 Å². The van der Waals surface area contributed by atoms with Gasteiger partial charge in [-0.2, -0.15) is 0 Å². The maximum absolute atomic E-state index is 13.8. The molecule has 1 atom stereocenters. The molecule has 0 amide bonds. The first-order valence-corrected chi connectivity index (χ1v) is 6.41. The highest BCUT2D eigenvalue weighted by Crippen LogP contribution is 2.35. The van der Waals surface area contributed by atoms with Gasteiger partial charge in [-0.1, -0.05) is 0 Å². The zero-order chi connectivity index (χ0) is 14.0. The minimum absolute atomic E-state index is 0.0117. The number of halogens is 2. The lowest BCUT2D eigenvalue weighted by Gasteiger charge is -2.29. The first kappa shape index (κ1) is 13.9. The van der Waals surface area contributed by atoms with Crippen LogP contribution in [0.4, 0.5) is 8.78 Å². The molecular formula is C14H17F2NO2. The second kappa shape index (κ2) is 5.65. The van der Waals surface area contributed by atoms with Crippen molar-refractivity contribution in [3.05, 3.63) is 35.4 Å². The van der Waals surface area contributed by atoms with E-state index in [0.29, 0.717) is 6.54 Å². The van der Waals surface area contributed by atoms with Crippen LogP contribution in [0.5, 0.6) is 0 Å². The molecule has 1 aromatic rings. The average molecular weight is 269 g/mol. The summed E-state index contributed by atoms with van der Waals surface area (Å²) in [5.41, 5.74) is 0.289. The van der Waals surface area contributed by atoms with E-state index in [9.17, 15) is 13.6 Å². The maximum Gasteiger partial charge on any atom is 0.304 e. The van der Waals surface area contributed by atoms with Crippen LogP contribution < -0.4 is 0 Å². The molecule has 2 rings (SSSR count). The largest absolute Gasteiger partial charge is 0.481 e. The van der Waals surface area contributed by atoms with Crippen LogP contribution in [-0.4, -0.2) is 28.6 Å². The van der Waals surface area contributed by atoms with Crippen molar-refractivity contribution in [1.29, 1.82) is 0 Å². The van der Waals surface area contributed by atoms with Gasteiger partial charge >= 0.3 is 5.97 Å². The van der Waals surface area contributed by atoms with Gasteiger partial charge in [-0.05, 0) is 38.0 Å². The third kappa shape index (κ3) is 3.50. The number of aliphatic carboxylic acids is 1. The summed E-state index contributed by atoms with van der Waals surface area (Å²) in [5.74, 6) is -1.80. The molecule has 1 saturated carbocycles. The van der Waals surface area contributed by atoms with Crippen molar-refractivity contribution in [2.45, 2.75) is 38.3 Å². The first-order valence-electron chi connectivity index (χ1n) is 6.41. The molecule has 0 spiro atoms. The Kier molecular flexibility index (Phi) is 4.14. The Balaban J connectivity index is 2.16. The van der Waals surface area contributed by atoms with Gasteiger partial charge in [0.2, 0.25) is 0 Å². The highest BCUT2D eigenvalue weighted by Gasteiger charge is 2.33. The molecule has 5 heteroatoms. The number of hydrogen-bond donors (Lipinski definition) is 1. The van der Waals surface area contributed by atoms with E-state index in [0.717, 1.165) is 25.0 Å². The summed E-state index contributed by atoms with van der Waals surface area (Å²) in [7, 11) is 0. The Bertz CT molecular complexity index is 475. The van der Waals surface area contributed by atoms with Gasteiger partial charge in [0, 0.05) is 24.2 Å². The van der Waals surface area contributed by atoms with Gasteiger partial charge < -0.3 is 5.11 Å². The smallest absolute Gasteiger partial charge is 0.304 e. The summed E-state index contributed by atoms with van der Waals surface area (Å²) in [6, 6.07) is 3.36. The molecule has 0 aliphatic heterocycles. The molecule has 0 radical (unpaired) electrons. The van der Waals surface area contributed by atoms with Crippen LogP contribution >= 0.6 is 0 Å². The SMILES string of the molecule is CC(c1cc(F)ccc1F)N(CCC(=O)O)C1CC1. The Morgan fingerprint density at radius 3 is 2.74 bits per heavy atom. The van der Waals surface area contributed by atoms with E-state index in [1.807, 2.05) is 4.90 Å². The molecule has 19 heavy (non-hydrogen) atoms. The Morgan fingerprint density at radius 2 is 2.16 bits per heavy atom. The average Bonchev–Trinajstić information content (AvgIpc) is 3.16. The van der Waals surface area contributed by atoms with Crippen molar-refractivity contribution in [2.75, 3.05) is 6.54 Å². The van der Waals surface area contributed by atoms with E-state index in [4.69, 9.17) is 5.11 Å². The van der Waals surface area contributed by atoms with Gasteiger partial charge in [-0.25, -0.2) is 8.78 Å². The summed E-state index contributed by atoms with van der Waals surface area (Å²) in [6.45, 7) is 2.15. The predicted molar refractivity (Wildman–Crippen MR) is 66.8 cm³/mol. The van der Waals surface area contributed by atoms with Crippen molar-refractivity contribution >= 4 is 5.97 Å². The molecule has 1 aromatic carbocycles. The van der Waals surface area contributed by atoms with Gasteiger partial charge in [-0.15, -0.1) is 0 Å². The molecule has 1 N–H and O–H groups in total. The van der Waals surface area contributed by atoms with Crippen molar-refractivity contribution in [3.63, 3.8) is 0 Å². The predicted octanol–water partition coefficient (Wildman–Crippen LogP) is 2.96. The molecular weight excluding hydrogens is 252 g/mol. The van der Waals surface area contributed by atoms with Crippen LogP contribution in [0.15, 0.2) is 18.2 Å². The van der Waals surface area contributed by atoms with Crippen LogP contribution in [0.25, 0.3) is 0 Å². The third-order valence-electron chi connectivity index (χ3n) is 3.51. The Labute approximate surface area is 110 Å². The highest BCUT2D eigenvalue weighted by atomic mass is 19.1. The lowest BCUT2D eigenvalue weighted by molar-refractivity contribution is -0.137. The molecule has 1 fully saturated rings. The van der Waals surface area contributed by atoms with Crippen molar-refractivity contribution in [1.82, 2.24) is 4.90 Å². The summed E-state index contributed by atoms with van der Waals surface area (Å²) >= 11 is 0. The molecule has 3 nitrogen and oxygen atoms in total. The fraction of sp³-hybridized carbons (Fsp3) is 0.500. The van der Waals surface area contributed by atoms with E-state index < -0.39 is 17.6 Å². The highest BCUT2D eigenvalue weighted by molar-refractivity contribution is 5.66. The van der Waals surface area contributed by atoms with Crippen LogP contribution in [0.1, 0.15) is 37.8 Å². The van der Waals surface area contributed by atoms with Crippen LogP contribution in [-0.2, 0) is 4.79 Å². The summed E-state index contributed by atoms with van der Waals surface area (Å²) < 4.78 is 27.0. The lowest BCUT2D eigenvalue weighted by atomic mass is 10.1. The zero-order valence-electron chi connectivity index (χ0n) is 10.8. The second-order valence-corrected chi connectivity index (χ2v) is 4.95. The topological polar surface area (TPSA) is 40.5 Å². The molecule has 1 aliphatic rings. The summed E-state index contributed by atoms with van der Waals surface area (Å²) in [6.07, 6.45) is 1.99. The Morgan fingerprint density at radius 1 is 1.47 bits per heavy atom. The van der Waals surface area contributed by atoms with Gasteiger partial charge in [0.05, 0.1) is 6.42 Å². The number of carbonyl (C=O) groups is 1. The molecule has 0 heterocycles. The standard InChI is InChI=1S/C14H17F2NO2/c1-9(12-8-10(15)2-5-13(12)16)17(11-3-4-11)7-6-14(18)19/h2,5,8-9,11H,3-4,6-7H2,1H3,(H,18,19). The quantitative estimate of drug-likeness (QED) is 0.863. The minimum atomic E-state index is -0.877. The lowest BCUT2D eigenvalue weighted by Crippen LogP contribution is -2.32. The summed E-state index contributed by atoms with van der Waals surface area (Å²) in [4.78, 5) is 12.6. The van der Waals surface area contributed by atoms with E-state index in [1.165, 1.54) is 6.07 Å². The fourth-order valence-corrected chi connectivity index (χ4v) is 2.34. The van der Waals surface area contributed by atoms with E-state index in [-0.39, 0.29) is 24.1 Å². The molecule has 1 unspecified atom stereocenters. The van der Waals surface area contributed by atoms with Crippen LogP contribution in [0.3, 0.4) is 0 Å². The monoisotopic (exact) mass is 269 g/mol. The number of benzene rings is 1. The van der Waals surface area contributed by atoms with Crippen LogP contribution in [0.2, 0.25) is 0 Å². The van der Waals surface area contributed by atoms with E-state index in [2.05, 4.69) is 0 Å². The molecule has 1 aliphatic carbocycles. The van der Waals surface area contributed by atoms with Gasteiger partial charge in [0.25, 0.3) is 0 Å². The number of rotatable bonds is 6. The molecule has 0 aromatic heterocycles. The third-order valence-corrected chi connectivity index (χ3v) is 3.51.